The van der Waals surface area contributed by atoms with E-state index < -0.39 is 10.0 Å². The van der Waals surface area contributed by atoms with Crippen LogP contribution in [0.5, 0.6) is 0 Å². The lowest BCUT2D eigenvalue weighted by Gasteiger charge is -2.03. The second kappa shape index (κ2) is 7.22. The highest BCUT2D eigenvalue weighted by atomic mass is 32.2. The fraction of sp³-hybridized carbons (Fsp3) is 1.00. The average molecular weight is 212 g/mol. The van der Waals surface area contributed by atoms with E-state index in [4.69, 9.17) is 15.0 Å². The summed E-state index contributed by atoms with van der Waals surface area (Å²) in [6.45, 7) is 1.62. The van der Waals surface area contributed by atoms with Crippen LogP contribution in [-0.2, 0) is 14.8 Å². The number of ether oxygens (including phenoxy) is 1. The van der Waals surface area contributed by atoms with E-state index in [1.165, 1.54) is 0 Å². The van der Waals surface area contributed by atoms with Crippen LogP contribution in [0, 0.1) is 0 Å². The SMILES string of the molecule is NS(=O)(=O)CCNCCOCCO. The third kappa shape index (κ3) is 11.8. The molecule has 0 heterocycles. The van der Waals surface area contributed by atoms with Gasteiger partial charge >= 0.3 is 0 Å². The Labute approximate surface area is 78.1 Å². The maximum atomic E-state index is 10.4. The van der Waals surface area contributed by atoms with Gasteiger partial charge in [0.15, 0.2) is 0 Å². The molecule has 0 aliphatic carbocycles. The van der Waals surface area contributed by atoms with E-state index in [1.807, 2.05) is 0 Å². The van der Waals surface area contributed by atoms with Gasteiger partial charge in [-0.25, -0.2) is 13.6 Å². The summed E-state index contributed by atoms with van der Waals surface area (Å²) < 4.78 is 25.8. The van der Waals surface area contributed by atoms with Crippen LogP contribution in [0.25, 0.3) is 0 Å². The van der Waals surface area contributed by atoms with Gasteiger partial charge in [-0.2, -0.15) is 0 Å². The minimum Gasteiger partial charge on any atom is -0.394 e. The van der Waals surface area contributed by atoms with Crippen molar-refractivity contribution in [3.63, 3.8) is 0 Å². The first kappa shape index (κ1) is 12.8. The van der Waals surface area contributed by atoms with Crippen molar-refractivity contribution in [1.29, 1.82) is 0 Å². The van der Waals surface area contributed by atoms with Crippen LogP contribution in [0.2, 0.25) is 0 Å². The third-order valence-electron chi connectivity index (χ3n) is 1.22. The number of aliphatic hydroxyl groups is 1. The molecule has 0 saturated heterocycles. The lowest BCUT2D eigenvalue weighted by atomic mass is 10.6. The van der Waals surface area contributed by atoms with Crippen molar-refractivity contribution in [2.75, 3.05) is 38.7 Å². The molecule has 0 rings (SSSR count). The van der Waals surface area contributed by atoms with E-state index in [0.717, 1.165) is 0 Å². The Morgan fingerprint density at radius 1 is 1.31 bits per heavy atom. The molecule has 0 aromatic carbocycles. The van der Waals surface area contributed by atoms with Crippen molar-refractivity contribution in [2.24, 2.45) is 5.14 Å². The van der Waals surface area contributed by atoms with Crippen LogP contribution in [0.1, 0.15) is 0 Å². The summed E-state index contributed by atoms with van der Waals surface area (Å²) in [7, 11) is -3.36. The summed E-state index contributed by atoms with van der Waals surface area (Å²) in [5, 5.41) is 15.9. The standard InChI is InChI=1S/C6H16N2O4S/c7-13(10,11)6-2-8-1-4-12-5-3-9/h8-9H,1-6H2,(H2,7,10,11). The largest absolute Gasteiger partial charge is 0.394 e. The first-order chi connectivity index (χ1) is 6.06. The molecule has 0 bridgehead atoms. The zero-order valence-electron chi connectivity index (χ0n) is 7.40. The summed E-state index contributed by atoms with van der Waals surface area (Å²) >= 11 is 0. The number of hydrogen-bond donors (Lipinski definition) is 3. The second-order valence-electron chi connectivity index (χ2n) is 2.45. The van der Waals surface area contributed by atoms with Crippen molar-refractivity contribution < 1.29 is 18.3 Å². The highest BCUT2D eigenvalue weighted by Crippen LogP contribution is 1.75. The quantitative estimate of drug-likeness (QED) is 0.399. The summed E-state index contributed by atoms with van der Waals surface area (Å²) in [5.74, 6) is -0.0764. The Balaban J connectivity index is 3.09. The van der Waals surface area contributed by atoms with Crippen LogP contribution in [0.4, 0.5) is 0 Å². The Bertz CT molecular complexity index is 205. The molecular weight excluding hydrogens is 196 g/mol. The van der Waals surface area contributed by atoms with E-state index in [0.29, 0.717) is 26.3 Å². The Kier molecular flexibility index (Phi) is 7.10. The second-order valence-corrected chi connectivity index (χ2v) is 4.19. The molecule has 0 atom stereocenters. The summed E-state index contributed by atoms with van der Waals surface area (Å²) in [6, 6.07) is 0. The van der Waals surface area contributed by atoms with Gasteiger partial charge in [-0.05, 0) is 0 Å². The minimum atomic E-state index is -3.36. The molecule has 0 unspecified atom stereocenters. The third-order valence-corrected chi connectivity index (χ3v) is 2.00. The zero-order chi connectivity index (χ0) is 10.2. The smallest absolute Gasteiger partial charge is 0.210 e. The maximum Gasteiger partial charge on any atom is 0.210 e. The molecule has 7 heteroatoms. The predicted octanol–water partition coefficient (Wildman–Crippen LogP) is -2.13. The molecule has 0 fully saturated rings. The minimum absolute atomic E-state index is 0.00280. The van der Waals surface area contributed by atoms with Gasteiger partial charge in [0, 0.05) is 13.1 Å². The first-order valence-corrected chi connectivity index (χ1v) is 5.67. The number of hydrogen-bond acceptors (Lipinski definition) is 5. The van der Waals surface area contributed by atoms with Crippen molar-refractivity contribution >= 4 is 10.0 Å². The molecule has 80 valence electrons. The fourth-order valence-electron chi connectivity index (χ4n) is 0.650. The zero-order valence-corrected chi connectivity index (χ0v) is 8.22. The van der Waals surface area contributed by atoms with Crippen molar-refractivity contribution in [3.05, 3.63) is 0 Å². The van der Waals surface area contributed by atoms with Crippen molar-refractivity contribution in [3.8, 4) is 0 Å². The Hall–Kier alpha value is -0.210. The monoisotopic (exact) mass is 212 g/mol. The molecule has 13 heavy (non-hydrogen) atoms. The maximum absolute atomic E-state index is 10.4. The van der Waals surface area contributed by atoms with E-state index >= 15 is 0 Å². The van der Waals surface area contributed by atoms with Gasteiger partial charge in [-0.15, -0.1) is 0 Å². The number of rotatable bonds is 8. The van der Waals surface area contributed by atoms with Crippen LogP contribution >= 0.6 is 0 Å². The molecule has 0 radical (unpaired) electrons. The summed E-state index contributed by atoms with van der Waals surface area (Å²) in [5.41, 5.74) is 0. The molecular formula is C6H16N2O4S. The van der Waals surface area contributed by atoms with E-state index in [1.54, 1.807) is 0 Å². The molecule has 6 nitrogen and oxygen atoms in total. The molecule has 4 N–H and O–H groups in total. The Morgan fingerprint density at radius 3 is 2.54 bits per heavy atom. The molecule has 0 aliphatic rings. The van der Waals surface area contributed by atoms with Crippen LogP contribution in [-0.4, -0.2) is 52.2 Å². The van der Waals surface area contributed by atoms with E-state index in [2.05, 4.69) is 5.32 Å². The molecule has 0 aromatic heterocycles. The molecule has 0 spiro atoms. The fourth-order valence-corrected chi connectivity index (χ4v) is 1.08. The summed E-state index contributed by atoms with van der Waals surface area (Å²) in [6.07, 6.45) is 0. The normalized spacial score (nSPS) is 11.8. The highest BCUT2D eigenvalue weighted by Gasteiger charge is 2.00. The topological polar surface area (TPSA) is 102 Å². The first-order valence-electron chi connectivity index (χ1n) is 3.96. The van der Waals surface area contributed by atoms with Gasteiger partial charge in [-0.3, -0.25) is 0 Å². The number of aliphatic hydroxyl groups excluding tert-OH is 1. The van der Waals surface area contributed by atoms with E-state index in [-0.39, 0.29) is 12.4 Å². The molecule has 0 saturated carbocycles. The number of nitrogens with one attached hydrogen (secondary N) is 1. The van der Waals surface area contributed by atoms with Crippen LogP contribution < -0.4 is 10.5 Å². The average Bonchev–Trinajstić information content (AvgIpc) is 2.01. The van der Waals surface area contributed by atoms with Gasteiger partial charge in [-0.1, -0.05) is 0 Å². The van der Waals surface area contributed by atoms with E-state index in [9.17, 15) is 8.42 Å². The van der Waals surface area contributed by atoms with Gasteiger partial charge in [0.2, 0.25) is 10.0 Å². The number of primary sulfonamides is 1. The lowest BCUT2D eigenvalue weighted by Crippen LogP contribution is -2.29. The number of nitrogens with two attached hydrogens (primary N) is 1. The Morgan fingerprint density at radius 2 is 2.00 bits per heavy atom. The van der Waals surface area contributed by atoms with Gasteiger partial charge in [0.05, 0.1) is 25.6 Å². The highest BCUT2D eigenvalue weighted by molar-refractivity contribution is 7.89. The van der Waals surface area contributed by atoms with Crippen LogP contribution in [0.3, 0.4) is 0 Å². The molecule has 0 aliphatic heterocycles. The summed E-state index contributed by atoms with van der Waals surface area (Å²) in [4.78, 5) is 0. The van der Waals surface area contributed by atoms with Gasteiger partial charge < -0.3 is 15.2 Å². The lowest BCUT2D eigenvalue weighted by molar-refractivity contribution is 0.0942. The number of sulfonamides is 1. The van der Waals surface area contributed by atoms with Crippen LogP contribution in [0.15, 0.2) is 0 Å². The van der Waals surface area contributed by atoms with Gasteiger partial charge in [0.1, 0.15) is 0 Å². The van der Waals surface area contributed by atoms with Crippen molar-refractivity contribution in [2.45, 2.75) is 0 Å². The van der Waals surface area contributed by atoms with Crippen molar-refractivity contribution in [1.82, 2.24) is 5.32 Å². The molecule has 0 aromatic rings. The van der Waals surface area contributed by atoms with Gasteiger partial charge in [0.25, 0.3) is 0 Å². The predicted molar refractivity (Wildman–Crippen MR) is 48.7 cm³/mol. The molecule has 0 amide bonds.